The van der Waals surface area contributed by atoms with Crippen LogP contribution >= 0.6 is 0 Å². The van der Waals surface area contributed by atoms with E-state index in [4.69, 9.17) is 5.10 Å². The van der Waals surface area contributed by atoms with Crippen LogP contribution in [0.3, 0.4) is 0 Å². The number of hydrogen-bond donors (Lipinski definition) is 0. The SMILES string of the molecule is Cc1nccc(N2CCC(c3nnc4ccc(C(C)(C)C)nn34)CC2)n1. The van der Waals surface area contributed by atoms with Gasteiger partial charge in [-0.1, -0.05) is 20.8 Å². The van der Waals surface area contributed by atoms with Gasteiger partial charge in [0.05, 0.1) is 5.69 Å². The van der Waals surface area contributed by atoms with Crippen molar-refractivity contribution in [2.75, 3.05) is 18.0 Å². The van der Waals surface area contributed by atoms with Gasteiger partial charge >= 0.3 is 0 Å². The average Bonchev–Trinajstić information content (AvgIpc) is 3.04. The lowest BCUT2D eigenvalue weighted by atomic mass is 9.92. The number of anilines is 1. The molecule has 0 N–H and O–H groups in total. The van der Waals surface area contributed by atoms with Gasteiger partial charge in [-0.3, -0.25) is 0 Å². The van der Waals surface area contributed by atoms with Crippen LogP contribution in [0.1, 0.15) is 56.9 Å². The Labute approximate surface area is 153 Å². The van der Waals surface area contributed by atoms with Crippen LogP contribution in [0.5, 0.6) is 0 Å². The first-order chi connectivity index (χ1) is 12.4. The number of aromatic nitrogens is 6. The molecule has 0 radical (unpaired) electrons. The molecule has 1 aliphatic rings. The first kappa shape index (κ1) is 16.9. The first-order valence-electron chi connectivity index (χ1n) is 9.19. The summed E-state index contributed by atoms with van der Waals surface area (Å²) in [6.45, 7) is 10.4. The van der Waals surface area contributed by atoms with Gasteiger partial charge in [0.15, 0.2) is 11.5 Å². The monoisotopic (exact) mass is 351 g/mol. The van der Waals surface area contributed by atoms with Gasteiger partial charge < -0.3 is 4.90 Å². The Balaban J connectivity index is 1.56. The van der Waals surface area contributed by atoms with E-state index in [1.807, 2.05) is 35.8 Å². The zero-order valence-electron chi connectivity index (χ0n) is 15.8. The molecule has 0 atom stereocenters. The van der Waals surface area contributed by atoms with E-state index in [1.54, 1.807) is 0 Å². The van der Waals surface area contributed by atoms with Crippen molar-refractivity contribution in [2.24, 2.45) is 0 Å². The Bertz CT molecular complexity index is 917. The summed E-state index contributed by atoms with van der Waals surface area (Å²) in [5.41, 5.74) is 1.88. The molecule has 0 amide bonds. The second-order valence-corrected chi connectivity index (χ2v) is 8.02. The third-order valence-electron chi connectivity index (χ3n) is 5.00. The van der Waals surface area contributed by atoms with Crippen LogP contribution in [-0.2, 0) is 5.41 Å². The first-order valence-corrected chi connectivity index (χ1v) is 9.19. The largest absolute Gasteiger partial charge is 0.356 e. The quantitative estimate of drug-likeness (QED) is 0.707. The van der Waals surface area contributed by atoms with Crippen LogP contribution < -0.4 is 4.90 Å². The van der Waals surface area contributed by atoms with E-state index >= 15 is 0 Å². The highest BCUT2D eigenvalue weighted by atomic mass is 15.4. The summed E-state index contributed by atoms with van der Waals surface area (Å²) >= 11 is 0. The summed E-state index contributed by atoms with van der Waals surface area (Å²) in [6, 6.07) is 6.05. The number of piperidine rings is 1. The Morgan fingerprint density at radius 2 is 1.81 bits per heavy atom. The number of rotatable bonds is 2. The molecule has 7 nitrogen and oxygen atoms in total. The third-order valence-corrected chi connectivity index (χ3v) is 5.00. The van der Waals surface area contributed by atoms with E-state index in [9.17, 15) is 0 Å². The maximum Gasteiger partial charge on any atom is 0.177 e. The van der Waals surface area contributed by atoms with Gasteiger partial charge in [-0.25, -0.2) is 9.97 Å². The van der Waals surface area contributed by atoms with Gasteiger partial charge in [0.1, 0.15) is 11.6 Å². The molecule has 26 heavy (non-hydrogen) atoms. The van der Waals surface area contributed by atoms with E-state index in [-0.39, 0.29) is 5.41 Å². The normalized spacial score (nSPS) is 16.4. The third kappa shape index (κ3) is 3.13. The summed E-state index contributed by atoms with van der Waals surface area (Å²) < 4.78 is 1.94. The molecule has 0 saturated carbocycles. The van der Waals surface area contributed by atoms with Gasteiger partial charge in [-0.05, 0) is 38.0 Å². The van der Waals surface area contributed by atoms with Crippen LogP contribution in [-0.4, -0.2) is 42.9 Å². The summed E-state index contributed by atoms with van der Waals surface area (Å²) in [5, 5.41) is 13.6. The molecule has 4 heterocycles. The molecule has 0 bridgehead atoms. The smallest absolute Gasteiger partial charge is 0.177 e. The minimum absolute atomic E-state index is 0.00394. The Morgan fingerprint density at radius 3 is 2.50 bits per heavy atom. The maximum absolute atomic E-state index is 4.83. The number of aryl methyl sites for hydroxylation is 1. The highest BCUT2D eigenvalue weighted by molar-refractivity contribution is 5.40. The fourth-order valence-electron chi connectivity index (χ4n) is 3.45. The molecule has 7 heteroatoms. The lowest BCUT2D eigenvalue weighted by Crippen LogP contribution is -2.34. The molecule has 1 aliphatic heterocycles. The summed E-state index contributed by atoms with van der Waals surface area (Å²) in [4.78, 5) is 11.0. The minimum atomic E-state index is 0.00394. The summed E-state index contributed by atoms with van der Waals surface area (Å²) in [5.74, 6) is 3.17. The van der Waals surface area contributed by atoms with E-state index in [1.165, 1.54) is 0 Å². The van der Waals surface area contributed by atoms with E-state index in [0.29, 0.717) is 5.92 Å². The van der Waals surface area contributed by atoms with Gasteiger partial charge in [0.25, 0.3) is 0 Å². The fourth-order valence-corrected chi connectivity index (χ4v) is 3.45. The zero-order chi connectivity index (χ0) is 18.3. The zero-order valence-corrected chi connectivity index (χ0v) is 15.8. The Kier molecular flexibility index (Phi) is 4.09. The van der Waals surface area contributed by atoms with E-state index in [0.717, 1.165) is 54.7 Å². The number of fused-ring (bicyclic) bond motifs is 1. The standard InChI is InChI=1S/C19H25N7/c1-13-20-10-7-16(21-13)25-11-8-14(9-12-25)18-23-22-17-6-5-15(19(2,3)4)24-26(17)18/h5-7,10,14H,8-9,11-12H2,1-4H3. The van der Waals surface area contributed by atoms with Crippen molar-refractivity contribution in [3.05, 3.63) is 41.7 Å². The molecule has 0 unspecified atom stereocenters. The number of nitrogens with zero attached hydrogens (tertiary/aromatic N) is 7. The fraction of sp³-hybridized carbons (Fsp3) is 0.526. The highest BCUT2D eigenvalue weighted by Crippen LogP contribution is 2.29. The van der Waals surface area contributed by atoms with Crippen molar-refractivity contribution in [1.29, 1.82) is 0 Å². The molecule has 1 fully saturated rings. The van der Waals surface area contributed by atoms with Crippen LogP contribution in [0.25, 0.3) is 5.65 Å². The molecule has 3 aromatic rings. The number of hydrogen-bond acceptors (Lipinski definition) is 6. The average molecular weight is 351 g/mol. The summed E-state index contributed by atoms with van der Waals surface area (Å²) in [6.07, 6.45) is 3.87. The molecule has 0 aliphatic carbocycles. The van der Waals surface area contributed by atoms with Crippen molar-refractivity contribution < 1.29 is 0 Å². The molecular weight excluding hydrogens is 326 g/mol. The molecule has 136 valence electrons. The summed E-state index contributed by atoms with van der Waals surface area (Å²) in [7, 11) is 0. The van der Waals surface area contributed by atoms with E-state index < -0.39 is 0 Å². The Hall–Kier alpha value is -2.57. The highest BCUT2D eigenvalue weighted by Gasteiger charge is 2.26. The van der Waals surface area contributed by atoms with Gasteiger partial charge in [-0.15, -0.1) is 10.2 Å². The molecule has 1 saturated heterocycles. The van der Waals surface area contributed by atoms with Crippen molar-refractivity contribution in [3.63, 3.8) is 0 Å². The molecule has 3 aromatic heterocycles. The molecule has 4 rings (SSSR count). The lowest BCUT2D eigenvalue weighted by Gasteiger charge is -2.32. The van der Waals surface area contributed by atoms with Crippen LogP contribution in [0, 0.1) is 6.92 Å². The van der Waals surface area contributed by atoms with Crippen molar-refractivity contribution in [2.45, 2.75) is 51.9 Å². The lowest BCUT2D eigenvalue weighted by molar-refractivity contribution is 0.470. The van der Waals surface area contributed by atoms with Gasteiger partial charge in [-0.2, -0.15) is 9.61 Å². The second-order valence-electron chi connectivity index (χ2n) is 8.02. The van der Waals surface area contributed by atoms with Crippen molar-refractivity contribution >= 4 is 11.5 Å². The van der Waals surface area contributed by atoms with Crippen molar-refractivity contribution in [1.82, 2.24) is 29.8 Å². The second kappa shape index (κ2) is 6.30. The van der Waals surface area contributed by atoms with Crippen LogP contribution in [0.2, 0.25) is 0 Å². The Morgan fingerprint density at radius 1 is 1.04 bits per heavy atom. The van der Waals surface area contributed by atoms with Gasteiger partial charge in [0.2, 0.25) is 0 Å². The molecule has 0 spiro atoms. The molecular formula is C19H25N7. The van der Waals surface area contributed by atoms with E-state index in [2.05, 4.69) is 45.8 Å². The van der Waals surface area contributed by atoms with Gasteiger partial charge in [0, 0.05) is 30.6 Å². The minimum Gasteiger partial charge on any atom is -0.356 e. The van der Waals surface area contributed by atoms with Crippen LogP contribution in [0.15, 0.2) is 24.4 Å². The topological polar surface area (TPSA) is 72.1 Å². The predicted molar refractivity (Wildman–Crippen MR) is 100 cm³/mol. The molecule has 0 aromatic carbocycles. The maximum atomic E-state index is 4.83. The van der Waals surface area contributed by atoms with Crippen LogP contribution in [0.4, 0.5) is 5.82 Å². The predicted octanol–water partition coefficient (Wildman–Crippen LogP) is 2.90. The van der Waals surface area contributed by atoms with Crippen molar-refractivity contribution in [3.8, 4) is 0 Å².